The van der Waals surface area contributed by atoms with Crippen LogP contribution < -0.4 is 10.9 Å². The van der Waals surface area contributed by atoms with Gasteiger partial charge >= 0.3 is 0 Å². The Bertz CT molecular complexity index is 672. The van der Waals surface area contributed by atoms with Gasteiger partial charge in [0.15, 0.2) is 0 Å². The molecular weight excluding hydrogens is 248 g/mol. The van der Waals surface area contributed by atoms with E-state index in [9.17, 15) is 9.59 Å². The Labute approximate surface area is 109 Å². The van der Waals surface area contributed by atoms with Crippen LogP contribution in [0.3, 0.4) is 0 Å². The second-order valence-corrected chi connectivity index (χ2v) is 4.27. The Hall–Kier alpha value is -2.44. The maximum Gasteiger partial charge on any atom is 0.256 e. The molecule has 0 aromatic carbocycles. The first-order valence-electron chi connectivity index (χ1n) is 5.73. The van der Waals surface area contributed by atoms with Crippen LogP contribution >= 0.6 is 0 Å². The molecule has 2 heterocycles. The van der Waals surface area contributed by atoms with Gasteiger partial charge in [-0.3, -0.25) is 19.5 Å². The van der Waals surface area contributed by atoms with Crippen molar-refractivity contribution in [1.82, 2.24) is 14.7 Å². The van der Waals surface area contributed by atoms with Gasteiger partial charge in [0.25, 0.3) is 5.56 Å². The van der Waals surface area contributed by atoms with E-state index in [4.69, 9.17) is 4.52 Å². The zero-order valence-electron chi connectivity index (χ0n) is 10.9. The quantitative estimate of drug-likeness (QED) is 0.883. The van der Waals surface area contributed by atoms with E-state index in [0.29, 0.717) is 17.0 Å². The lowest BCUT2D eigenvalue weighted by Gasteiger charge is -2.06. The predicted molar refractivity (Wildman–Crippen MR) is 67.8 cm³/mol. The summed E-state index contributed by atoms with van der Waals surface area (Å²) in [5.41, 5.74) is 1.63. The Morgan fingerprint density at radius 3 is 2.79 bits per heavy atom. The normalized spacial score (nSPS) is 10.5. The molecule has 1 N–H and O–H groups in total. The SMILES string of the molecule is Cc1cc(NC(=O)Cn2cnc(C)c(C)c2=O)on1. The number of hydrogen-bond donors (Lipinski definition) is 1. The maximum absolute atomic E-state index is 11.9. The standard InChI is InChI=1S/C12H14N4O3/c1-7-4-11(19-15-7)14-10(17)5-16-6-13-9(3)8(2)12(16)18/h4,6H,5H2,1-3H3,(H,14,17). The van der Waals surface area contributed by atoms with Gasteiger partial charge in [0.2, 0.25) is 11.8 Å². The molecule has 0 spiro atoms. The molecule has 0 saturated heterocycles. The number of rotatable bonds is 3. The molecule has 0 fully saturated rings. The first-order valence-corrected chi connectivity index (χ1v) is 5.73. The third-order valence-electron chi connectivity index (χ3n) is 2.72. The highest BCUT2D eigenvalue weighted by Gasteiger charge is 2.10. The molecule has 100 valence electrons. The molecule has 0 atom stereocenters. The molecule has 0 aliphatic carbocycles. The van der Waals surface area contributed by atoms with E-state index in [2.05, 4.69) is 15.5 Å². The fraction of sp³-hybridized carbons (Fsp3) is 0.333. The fourth-order valence-electron chi connectivity index (χ4n) is 1.54. The van der Waals surface area contributed by atoms with Gasteiger partial charge in [0.05, 0.1) is 12.0 Å². The highest BCUT2D eigenvalue weighted by atomic mass is 16.5. The van der Waals surface area contributed by atoms with Gasteiger partial charge in [-0.15, -0.1) is 0 Å². The van der Waals surface area contributed by atoms with Gasteiger partial charge in [-0.05, 0) is 20.8 Å². The van der Waals surface area contributed by atoms with Crippen LogP contribution in [-0.4, -0.2) is 20.6 Å². The number of hydrogen-bond acceptors (Lipinski definition) is 5. The zero-order valence-corrected chi connectivity index (χ0v) is 10.9. The van der Waals surface area contributed by atoms with Crippen molar-refractivity contribution in [1.29, 1.82) is 0 Å². The van der Waals surface area contributed by atoms with Crippen molar-refractivity contribution in [2.24, 2.45) is 0 Å². The van der Waals surface area contributed by atoms with Crippen molar-refractivity contribution >= 4 is 11.8 Å². The molecule has 19 heavy (non-hydrogen) atoms. The summed E-state index contributed by atoms with van der Waals surface area (Å²) >= 11 is 0. The number of carbonyl (C=O) groups excluding carboxylic acids is 1. The lowest BCUT2D eigenvalue weighted by Crippen LogP contribution is -2.29. The van der Waals surface area contributed by atoms with Crippen molar-refractivity contribution in [3.8, 4) is 0 Å². The van der Waals surface area contributed by atoms with Gasteiger partial charge in [0.1, 0.15) is 6.54 Å². The van der Waals surface area contributed by atoms with Crippen LogP contribution in [0.25, 0.3) is 0 Å². The maximum atomic E-state index is 11.9. The smallest absolute Gasteiger partial charge is 0.256 e. The summed E-state index contributed by atoms with van der Waals surface area (Å²) in [5.74, 6) is -0.115. The number of aryl methyl sites for hydroxylation is 2. The predicted octanol–water partition coefficient (Wildman–Crippen LogP) is 0.795. The Balaban J connectivity index is 2.11. The van der Waals surface area contributed by atoms with Crippen molar-refractivity contribution in [3.05, 3.63) is 39.7 Å². The third kappa shape index (κ3) is 2.87. The summed E-state index contributed by atoms with van der Waals surface area (Å²) < 4.78 is 6.11. The van der Waals surface area contributed by atoms with E-state index in [1.165, 1.54) is 10.9 Å². The zero-order chi connectivity index (χ0) is 14.0. The molecule has 0 aliphatic heterocycles. The Morgan fingerprint density at radius 1 is 1.42 bits per heavy atom. The number of nitrogens with zero attached hydrogens (tertiary/aromatic N) is 3. The van der Waals surface area contributed by atoms with Crippen molar-refractivity contribution in [2.45, 2.75) is 27.3 Å². The molecule has 0 aliphatic rings. The number of carbonyl (C=O) groups is 1. The van der Waals surface area contributed by atoms with Crippen molar-refractivity contribution in [3.63, 3.8) is 0 Å². The van der Waals surface area contributed by atoms with E-state index in [1.54, 1.807) is 26.8 Å². The largest absolute Gasteiger partial charge is 0.338 e. The molecule has 0 unspecified atom stereocenters. The Morgan fingerprint density at radius 2 is 2.16 bits per heavy atom. The average molecular weight is 262 g/mol. The first-order chi connectivity index (χ1) is 8.97. The van der Waals surface area contributed by atoms with Crippen LogP contribution in [0.2, 0.25) is 0 Å². The van der Waals surface area contributed by atoms with Crippen LogP contribution in [0.15, 0.2) is 21.7 Å². The molecule has 7 nitrogen and oxygen atoms in total. The molecular formula is C12H14N4O3. The number of nitrogens with one attached hydrogen (secondary N) is 1. The van der Waals surface area contributed by atoms with Crippen LogP contribution in [-0.2, 0) is 11.3 Å². The van der Waals surface area contributed by atoms with Gasteiger partial charge < -0.3 is 4.52 Å². The van der Waals surface area contributed by atoms with E-state index in [1.807, 2.05) is 0 Å². The summed E-state index contributed by atoms with van der Waals surface area (Å²) in [7, 11) is 0. The lowest BCUT2D eigenvalue weighted by molar-refractivity contribution is -0.116. The number of aromatic nitrogens is 3. The van der Waals surface area contributed by atoms with Gasteiger partial charge in [-0.25, -0.2) is 4.98 Å². The van der Waals surface area contributed by atoms with Gasteiger partial charge in [-0.2, -0.15) is 0 Å². The highest BCUT2D eigenvalue weighted by molar-refractivity contribution is 5.89. The molecule has 2 aromatic heterocycles. The van der Waals surface area contributed by atoms with Crippen LogP contribution in [0, 0.1) is 20.8 Å². The fourth-order valence-corrected chi connectivity index (χ4v) is 1.54. The summed E-state index contributed by atoms with van der Waals surface area (Å²) in [5, 5.41) is 6.17. The van der Waals surface area contributed by atoms with Crippen LogP contribution in [0.5, 0.6) is 0 Å². The van der Waals surface area contributed by atoms with E-state index < -0.39 is 0 Å². The molecule has 1 amide bonds. The first kappa shape index (κ1) is 13.0. The minimum absolute atomic E-state index is 0.118. The van der Waals surface area contributed by atoms with Gasteiger partial charge in [0, 0.05) is 17.3 Å². The lowest BCUT2D eigenvalue weighted by atomic mass is 10.3. The average Bonchev–Trinajstić information content (AvgIpc) is 2.75. The molecule has 2 rings (SSSR count). The monoisotopic (exact) mass is 262 g/mol. The molecule has 0 bridgehead atoms. The third-order valence-corrected chi connectivity index (χ3v) is 2.72. The van der Waals surface area contributed by atoms with E-state index in [-0.39, 0.29) is 23.9 Å². The second-order valence-electron chi connectivity index (χ2n) is 4.27. The minimum atomic E-state index is -0.372. The second kappa shape index (κ2) is 5.05. The topological polar surface area (TPSA) is 90.0 Å². The minimum Gasteiger partial charge on any atom is -0.338 e. The van der Waals surface area contributed by atoms with Crippen LogP contribution in [0.4, 0.5) is 5.88 Å². The summed E-state index contributed by atoms with van der Waals surface area (Å²) in [6.45, 7) is 5.06. The summed E-state index contributed by atoms with van der Waals surface area (Å²) in [4.78, 5) is 27.7. The van der Waals surface area contributed by atoms with Crippen molar-refractivity contribution in [2.75, 3.05) is 5.32 Å². The number of amides is 1. The molecule has 7 heteroatoms. The summed E-state index contributed by atoms with van der Waals surface area (Å²) in [6.07, 6.45) is 1.36. The number of anilines is 1. The van der Waals surface area contributed by atoms with Crippen molar-refractivity contribution < 1.29 is 9.32 Å². The highest BCUT2D eigenvalue weighted by Crippen LogP contribution is 2.08. The summed E-state index contributed by atoms with van der Waals surface area (Å²) in [6, 6.07) is 1.60. The van der Waals surface area contributed by atoms with E-state index in [0.717, 1.165) is 0 Å². The molecule has 2 aromatic rings. The van der Waals surface area contributed by atoms with Crippen LogP contribution in [0.1, 0.15) is 17.0 Å². The Kier molecular flexibility index (Phi) is 3.46. The molecule has 0 saturated carbocycles. The molecule has 0 radical (unpaired) electrons. The van der Waals surface area contributed by atoms with Gasteiger partial charge in [-0.1, -0.05) is 5.16 Å². The van der Waals surface area contributed by atoms with E-state index >= 15 is 0 Å².